The predicted octanol–water partition coefficient (Wildman–Crippen LogP) is 2.94. The molecule has 0 bridgehead atoms. The number of nitrogens with zero attached hydrogens (tertiary/aromatic N) is 3. The van der Waals surface area contributed by atoms with Gasteiger partial charge in [0.05, 0.1) is 17.1 Å². The van der Waals surface area contributed by atoms with Gasteiger partial charge in [-0.15, -0.1) is 0 Å². The summed E-state index contributed by atoms with van der Waals surface area (Å²) in [5.41, 5.74) is 2.15. The van der Waals surface area contributed by atoms with E-state index in [9.17, 15) is 14.0 Å². The van der Waals surface area contributed by atoms with Crippen LogP contribution in [0.5, 0.6) is 0 Å². The minimum absolute atomic E-state index is 0.0326. The number of likely N-dealkylation sites (tertiary alicyclic amines) is 2. The third-order valence-corrected chi connectivity index (χ3v) is 6.63. The van der Waals surface area contributed by atoms with Gasteiger partial charge in [0.15, 0.2) is 0 Å². The second-order valence-electron chi connectivity index (χ2n) is 8.76. The first-order valence-electron chi connectivity index (χ1n) is 10.5. The Bertz CT molecular complexity index is 1010. The number of hydrogen-bond acceptors (Lipinski definition) is 4. The van der Waals surface area contributed by atoms with E-state index in [-0.39, 0.29) is 29.2 Å². The lowest BCUT2D eigenvalue weighted by Crippen LogP contribution is -2.39. The van der Waals surface area contributed by atoms with Gasteiger partial charge >= 0.3 is 0 Å². The number of halogens is 1. The highest BCUT2D eigenvalue weighted by Gasteiger charge is 2.37. The summed E-state index contributed by atoms with van der Waals surface area (Å²) in [6, 6.07) is 8.54. The number of carbonyl (C=O) groups excluding carboxylic acids is 2. The summed E-state index contributed by atoms with van der Waals surface area (Å²) in [7, 11) is 0. The molecule has 0 radical (unpaired) electrons. The Morgan fingerprint density at radius 3 is 2.80 bits per heavy atom. The van der Waals surface area contributed by atoms with E-state index in [1.54, 1.807) is 18.3 Å². The fraction of sp³-hybridized carbons (Fsp3) is 0.435. The average Bonchev–Trinajstić information content (AvgIpc) is 3.45. The Hall–Kier alpha value is -2.96. The molecule has 5 rings (SSSR count). The Kier molecular flexibility index (Phi) is 4.49. The summed E-state index contributed by atoms with van der Waals surface area (Å²) in [6.45, 7) is 4.12. The molecule has 1 N–H and O–H groups in total. The number of benzene rings is 1. The predicted molar refractivity (Wildman–Crippen MR) is 111 cm³/mol. The molecule has 6 nitrogen and oxygen atoms in total. The Morgan fingerprint density at radius 2 is 2.07 bits per heavy atom. The van der Waals surface area contributed by atoms with Crippen molar-refractivity contribution in [3.8, 4) is 0 Å². The van der Waals surface area contributed by atoms with Crippen LogP contribution in [0.25, 0.3) is 0 Å². The molecule has 7 heteroatoms. The van der Waals surface area contributed by atoms with Gasteiger partial charge in [0.1, 0.15) is 11.6 Å². The molecule has 0 aliphatic carbocycles. The number of fused-ring (bicyclic) bond motifs is 1. The van der Waals surface area contributed by atoms with Gasteiger partial charge in [-0.2, -0.15) is 0 Å². The summed E-state index contributed by atoms with van der Waals surface area (Å²) in [5, 5.41) is 3.43. The topological polar surface area (TPSA) is 65.5 Å². The normalized spacial score (nSPS) is 25.5. The van der Waals surface area contributed by atoms with Crippen molar-refractivity contribution in [2.75, 3.05) is 25.0 Å². The number of aromatic nitrogens is 1. The number of nitrogens with one attached hydrogen (secondary N) is 1. The monoisotopic (exact) mass is 408 g/mol. The van der Waals surface area contributed by atoms with Gasteiger partial charge in [-0.3, -0.25) is 9.59 Å². The van der Waals surface area contributed by atoms with E-state index in [0.717, 1.165) is 36.3 Å². The van der Waals surface area contributed by atoms with Crippen LogP contribution in [0.4, 0.5) is 10.2 Å². The molecular weight excluding hydrogens is 383 g/mol. The largest absolute Gasteiger partial charge is 0.360 e. The molecule has 1 aromatic heterocycles. The van der Waals surface area contributed by atoms with E-state index < -0.39 is 0 Å². The minimum atomic E-state index is -0.389. The zero-order chi connectivity index (χ0) is 20.9. The van der Waals surface area contributed by atoms with Crippen molar-refractivity contribution in [3.05, 3.63) is 59.0 Å². The molecule has 3 aliphatic heterocycles. The number of amides is 2. The van der Waals surface area contributed by atoms with Crippen LogP contribution >= 0.6 is 0 Å². The second-order valence-corrected chi connectivity index (χ2v) is 8.76. The molecule has 30 heavy (non-hydrogen) atoms. The molecule has 4 heterocycles. The van der Waals surface area contributed by atoms with Crippen molar-refractivity contribution in [2.45, 2.75) is 44.2 Å². The van der Waals surface area contributed by atoms with Crippen LogP contribution in [0.15, 0.2) is 36.5 Å². The van der Waals surface area contributed by atoms with Gasteiger partial charge in [0.2, 0.25) is 5.91 Å². The first kappa shape index (κ1) is 19.0. The lowest BCUT2D eigenvalue weighted by atomic mass is 9.89. The lowest BCUT2D eigenvalue weighted by Gasteiger charge is -2.25. The summed E-state index contributed by atoms with van der Waals surface area (Å²) in [6.07, 6.45) is 4.67. The van der Waals surface area contributed by atoms with Crippen LogP contribution in [0.1, 0.15) is 47.7 Å². The van der Waals surface area contributed by atoms with Crippen molar-refractivity contribution in [3.63, 3.8) is 0 Å². The van der Waals surface area contributed by atoms with E-state index in [2.05, 4.69) is 17.2 Å². The molecular formula is C23H25FN4O2. The molecule has 0 spiro atoms. The van der Waals surface area contributed by atoms with Crippen molar-refractivity contribution >= 4 is 17.6 Å². The van der Waals surface area contributed by atoms with E-state index in [1.807, 2.05) is 15.9 Å². The molecule has 0 unspecified atom stereocenters. The van der Waals surface area contributed by atoms with E-state index in [4.69, 9.17) is 0 Å². The van der Waals surface area contributed by atoms with Crippen molar-refractivity contribution in [1.29, 1.82) is 0 Å². The molecule has 156 valence electrons. The van der Waals surface area contributed by atoms with Gasteiger partial charge in [-0.1, -0.05) is 12.1 Å². The van der Waals surface area contributed by atoms with Crippen LogP contribution in [0, 0.1) is 5.82 Å². The number of rotatable bonds is 3. The van der Waals surface area contributed by atoms with E-state index in [1.165, 1.54) is 12.1 Å². The van der Waals surface area contributed by atoms with Crippen LogP contribution in [0.2, 0.25) is 0 Å². The quantitative estimate of drug-likeness (QED) is 0.848. The van der Waals surface area contributed by atoms with Crippen molar-refractivity contribution in [1.82, 2.24) is 14.8 Å². The summed E-state index contributed by atoms with van der Waals surface area (Å²) >= 11 is 0. The van der Waals surface area contributed by atoms with Gasteiger partial charge in [-0.25, -0.2) is 9.37 Å². The van der Waals surface area contributed by atoms with Gasteiger partial charge in [0, 0.05) is 38.7 Å². The van der Waals surface area contributed by atoms with Gasteiger partial charge in [0.25, 0.3) is 5.91 Å². The lowest BCUT2D eigenvalue weighted by molar-refractivity contribution is -0.129. The zero-order valence-electron chi connectivity index (χ0n) is 17.0. The first-order chi connectivity index (χ1) is 14.4. The molecule has 1 aromatic carbocycles. The molecule has 2 aromatic rings. The maximum Gasteiger partial charge on any atom is 0.255 e. The van der Waals surface area contributed by atoms with E-state index in [0.29, 0.717) is 31.5 Å². The highest BCUT2D eigenvalue weighted by Crippen LogP contribution is 2.38. The Labute approximate surface area is 175 Å². The summed E-state index contributed by atoms with van der Waals surface area (Å²) < 4.78 is 13.3. The van der Waals surface area contributed by atoms with Crippen LogP contribution < -0.4 is 5.32 Å². The summed E-state index contributed by atoms with van der Waals surface area (Å²) in [4.78, 5) is 33.4. The average molecular weight is 408 g/mol. The van der Waals surface area contributed by atoms with Crippen LogP contribution in [-0.2, 0) is 16.8 Å². The van der Waals surface area contributed by atoms with Gasteiger partial charge < -0.3 is 15.1 Å². The minimum Gasteiger partial charge on any atom is -0.360 e. The standard InChI is InChI=1S/C23H25FN4O2/c1-23(17-4-6-18(24)7-5-17)12-15-11-16(13-25-21(15)26-23)22(30)27-10-8-19(14-27)28-9-2-3-20(28)29/h4-7,11,13,19H,2-3,8-10,12,14H2,1H3,(H,25,26)/t19-,23-/m0/s1. The first-order valence-corrected chi connectivity index (χ1v) is 10.5. The van der Waals surface area contributed by atoms with Crippen molar-refractivity contribution < 1.29 is 14.0 Å². The molecule has 3 aliphatic rings. The molecule has 2 saturated heterocycles. The second kappa shape index (κ2) is 7.07. The fourth-order valence-electron chi connectivity index (χ4n) is 4.97. The Morgan fingerprint density at radius 1 is 1.27 bits per heavy atom. The fourth-order valence-corrected chi connectivity index (χ4v) is 4.97. The van der Waals surface area contributed by atoms with Crippen molar-refractivity contribution in [2.24, 2.45) is 0 Å². The van der Waals surface area contributed by atoms with Gasteiger partial charge in [-0.05, 0) is 49.1 Å². The molecule has 2 atom stereocenters. The highest BCUT2D eigenvalue weighted by molar-refractivity contribution is 5.95. The maximum absolute atomic E-state index is 13.3. The van der Waals surface area contributed by atoms with Crippen LogP contribution in [0.3, 0.4) is 0 Å². The van der Waals surface area contributed by atoms with Crippen LogP contribution in [-0.4, -0.2) is 52.3 Å². The molecule has 2 fully saturated rings. The number of carbonyl (C=O) groups is 2. The highest BCUT2D eigenvalue weighted by atomic mass is 19.1. The third kappa shape index (κ3) is 3.22. The van der Waals surface area contributed by atoms with E-state index >= 15 is 0 Å². The third-order valence-electron chi connectivity index (χ3n) is 6.63. The maximum atomic E-state index is 13.3. The molecule has 2 amide bonds. The molecule has 0 saturated carbocycles. The zero-order valence-corrected chi connectivity index (χ0v) is 17.0. The Balaban J connectivity index is 1.31. The SMILES string of the molecule is C[C@@]1(c2ccc(F)cc2)Cc2cc(C(=O)N3CC[C@H](N4CCCC4=O)C3)cnc2N1. The smallest absolute Gasteiger partial charge is 0.255 e. The number of anilines is 1. The number of pyridine rings is 1. The summed E-state index contributed by atoms with van der Waals surface area (Å²) in [5.74, 6) is 0.679. The number of hydrogen-bond donors (Lipinski definition) is 1.